The van der Waals surface area contributed by atoms with E-state index in [-0.39, 0.29) is 23.6 Å². The number of aromatic nitrogens is 7. The maximum absolute atomic E-state index is 12.7. The number of aryl methyl sites for hydroxylation is 1. The van der Waals surface area contributed by atoms with E-state index in [1.165, 1.54) is 29.6 Å². The van der Waals surface area contributed by atoms with E-state index in [1.807, 2.05) is 6.07 Å². The first kappa shape index (κ1) is 22.4. The van der Waals surface area contributed by atoms with Crippen LogP contribution in [0.1, 0.15) is 19.8 Å². The van der Waals surface area contributed by atoms with Gasteiger partial charge in [0.1, 0.15) is 12.4 Å². The number of carbonyl (C=O) groups excluding carboxylic acids is 1. The molecule has 180 valence electrons. The van der Waals surface area contributed by atoms with E-state index >= 15 is 0 Å². The van der Waals surface area contributed by atoms with Crippen LogP contribution in [0.25, 0.3) is 22.4 Å². The Morgan fingerprint density at radius 2 is 1.89 bits per heavy atom. The third-order valence-electron chi connectivity index (χ3n) is 6.29. The first-order chi connectivity index (χ1) is 16.8. The molecule has 0 unspecified atom stereocenters. The molecule has 1 N–H and O–H groups in total. The predicted molar refractivity (Wildman–Crippen MR) is 130 cm³/mol. The predicted octanol–water partition coefficient (Wildman–Crippen LogP) is 0.913. The molecule has 4 aromatic heterocycles. The van der Waals surface area contributed by atoms with Crippen molar-refractivity contribution in [3.63, 3.8) is 0 Å². The molecule has 0 aliphatic carbocycles. The van der Waals surface area contributed by atoms with Crippen LogP contribution in [0.4, 0.5) is 11.8 Å². The van der Waals surface area contributed by atoms with Crippen LogP contribution in [0.5, 0.6) is 0 Å². The van der Waals surface area contributed by atoms with Gasteiger partial charge < -0.3 is 14.8 Å². The molecule has 1 saturated heterocycles. The zero-order valence-electron chi connectivity index (χ0n) is 19.7. The summed E-state index contributed by atoms with van der Waals surface area (Å²) in [5.74, 6) is 0.674. The van der Waals surface area contributed by atoms with Gasteiger partial charge in [0, 0.05) is 44.6 Å². The third-order valence-corrected chi connectivity index (χ3v) is 6.29. The second-order valence-electron chi connectivity index (χ2n) is 8.66. The second kappa shape index (κ2) is 8.78. The molecule has 12 nitrogen and oxygen atoms in total. The highest BCUT2D eigenvalue weighted by Crippen LogP contribution is 2.23. The summed E-state index contributed by atoms with van der Waals surface area (Å²) in [6.45, 7) is 2.96. The van der Waals surface area contributed by atoms with Crippen LogP contribution in [0, 0.1) is 0 Å². The number of nitrogens with zero attached hydrogens (tertiary/aromatic N) is 8. The molecule has 1 amide bonds. The summed E-state index contributed by atoms with van der Waals surface area (Å²) in [6.07, 6.45) is 7.11. The van der Waals surface area contributed by atoms with Gasteiger partial charge in [-0.25, -0.2) is 24.7 Å². The van der Waals surface area contributed by atoms with Crippen LogP contribution in [-0.2, 0) is 25.4 Å². The Bertz CT molecular complexity index is 1530. The summed E-state index contributed by atoms with van der Waals surface area (Å²) >= 11 is 0. The summed E-state index contributed by atoms with van der Waals surface area (Å²) in [7, 11) is 2.91. The fourth-order valence-corrected chi connectivity index (χ4v) is 4.35. The fourth-order valence-electron chi connectivity index (χ4n) is 4.35. The molecule has 12 heteroatoms. The maximum Gasteiger partial charge on any atom is 0.332 e. The van der Waals surface area contributed by atoms with Gasteiger partial charge >= 0.3 is 5.69 Å². The lowest BCUT2D eigenvalue weighted by Crippen LogP contribution is -2.37. The highest BCUT2D eigenvalue weighted by atomic mass is 16.2. The molecule has 1 aliphatic heterocycles. The molecule has 0 aromatic carbocycles. The van der Waals surface area contributed by atoms with Crippen LogP contribution in [-0.4, -0.2) is 52.1 Å². The first-order valence-electron chi connectivity index (χ1n) is 11.3. The molecule has 4 aromatic rings. The largest absolute Gasteiger partial charge is 0.338 e. The van der Waals surface area contributed by atoms with E-state index in [4.69, 9.17) is 0 Å². The van der Waals surface area contributed by atoms with Crippen molar-refractivity contribution in [3.05, 3.63) is 57.8 Å². The van der Waals surface area contributed by atoms with Gasteiger partial charge in [0.05, 0.1) is 12.0 Å². The average molecular weight is 476 g/mol. The molecule has 0 radical (unpaired) electrons. The zero-order chi connectivity index (χ0) is 24.7. The first-order valence-corrected chi connectivity index (χ1v) is 11.3. The van der Waals surface area contributed by atoms with Crippen molar-refractivity contribution in [2.45, 2.75) is 32.4 Å². The zero-order valence-corrected chi connectivity index (χ0v) is 19.7. The molecule has 0 saturated carbocycles. The highest BCUT2D eigenvalue weighted by Gasteiger charge is 2.22. The molecule has 1 aliphatic rings. The van der Waals surface area contributed by atoms with Gasteiger partial charge in [-0.2, -0.15) is 0 Å². The Labute approximate surface area is 199 Å². The molecule has 5 rings (SSSR count). The third kappa shape index (κ3) is 4.07. The van der Waals surface area contributed by atoms with Gasteiger partial charge in [-0.1, -0.05) is 6.07 Å². The van der Waals surface area contributed by atoms with E-state index < -0.39 is 11.2 Å². The van der Waals surface area contributed by atoms with Crippen molar-refractivity contribution in [2.24, 2.45) is 14.1 Å². The lowest BCUT2D eigenvalue weighted by Gasteiger charge is -2.20. The van der Waals surface area contributed by atoms with Crippen LogP contribution in [0.15, 0.2) is 46.5 Å². The van der Waals surface area contributed by atoms with Crippen molar-refractivity contribution < 1.29 is 4.79 Å². The number of imidazole rings is 1. The van der Waals surface area contributed by atoms with Gasteiger partial charge in [0.15, 0.2) is 11.2 Å². The molecule has 1 atom stereocenters. The van der Waals surface area contributed by atoms with E-state index in [0.29, 0.717) is 23.5 Å². The molecular weight excluding hydrogens is 450 g/mol. The molecule has 0 spiro atoms. The number of rotatable bonds is 5. The van der Waals surface area contributed by atoms with Gasteiger partial charge in [0.25, 0.3) is 5.56 Å². The van der Waals surface area contributed by atoms with Crippen molar-refractivity contribution in [2.75, 3.05) is 16.8 Å². The summed E-state index contributed by atoms with van der Waals surface area (Å²) in [5, 5.41) is 2.75. The molecular formula is C23H25N9O3. The minimum atomic E-state index is -0.514. The highest BCUT2D eigenvalue weighted by molar-refractivity contribution is 5.90. The van der Waals surface area contributed by atoms with Gasteiger partial charge in [-0.3, -0.25) is 18.7 Å². The quantitative estimate of drug-likeness (QED) is 0.450. The Morgan fingerprint density at radius 1 is 1.11 bits per heavy atom. The lowest BCUT2D eigenvalue weighted by atomic mass is 10.2. The van der Waals surface area contributed by atoms with Crippen LogP contribution >= 0.6 is 0 Å². The number of hydrogen-bond acceptors (Lipinski definition) is 8. The van der Waals surface area contributed by atoms with E-state index in [0.717, 1.165) is 29.5 Å². The summed E-state index contributed by atoms with van der Waals surface area (Å²) in [4.78, 5) is 57.3. The summed E-state index contributed by atoms with van der Waals surface area (Å²) in [5.41, 5.74) is 0.766. The smallest absolute Gasteiger partial charge is 0.332 e. The molecule has 0 bridgehead atoms. The van der Waals surface area contributed by atoms with Crippen molar-refractivity contribution in [1.82, 2.24) is 33.6 Å². The molecule has 5 heterocycles. The number of pyridine rings is 1. The molecule has 1 fully saturated rings. The Hall–Kier alpha value is -4.35. The number of carbonyl (C=O) groups is 1. The Balaban J connectivity index is 1.33. The number of anilines is 2. The average Bonchev–Trinajstić information content (AvgIpc) is 3.48. The van der Waals surface area contributed by atoms with Gasteiger partial charge in [-0.05, 0) is 31.9 Å². The minimum absolute atomic E-state index is 0.165. The number of amides is 1. The Kier molecular flexibility index (Phi) is 5.63. The van der Waals surface area contributed by atoms with E-state index in [9.17, 15) is 14.4 Å². The summed E-state index contributed by atoms with van der Waals surface area (Å²) < 4.78 is 3.68. The van der Waals surface area contributed by atoms with E-state index in [2.05, 4.69) is 37.1 Å². The number of nitrogens with one attached hydrogen (secondary N) is 1. The summed E-state index contributed by atoms with van der Waals surface area (Å²) in [6, 6.07) is 5.71. The monoisotopic (exact) mass is 475 g/mol. The number of fused-ring (bicyclic) bond motifs is 1. The maximum atomic E-state index is 12.7. The second-order valence-corrected chi connectivity index (χ2v) is 8.66. The minimum Gasteiger partial charge on any atom is -0.338 e. The van der Waals surface area contributed by atoms with Crippen LogP contribution in [0.3, 0.4) is 0 Å². The normalized spacial score (nSPS) is 15.6. The number of hydrogen-bond donors (Lipinski definition) is 1. The molecule has 35 heavy (non-hydrogen) atoms. The Morgan fingerprint density at radius 3 is 2.60 bits per heavy atom. The van der Waals surface area contributed by atoms with Crippen LogP contribution in [0.2, 0.25) is 0 Å². The SMILES string of the molecule is C[C@@H]1CCCN1c1ncc(-c2cccc(NC(=O)Cn3cnc4c3c(=O)n(C)c(=O)n4C)n2)cn1. The van der Waals surface area contributed by atoms with E-state index in [1.54, 1.807) is 24.5 Å². The topological polar surface area (TPSA) is 133 Å². The standard InChI is InChI=1S/C23H25N9O3/c1-14-6-5-9-32(14)22-24-10-15(11-25-22)16-7-4-8-17(27-16)28-18(33)12-31-13-26-20-19(31)21(34)30(3)23(35)29(20)2/h4,7-8,10-11,13-14H,5-6,9,12H2,1-3H3,(H,27,28,33)/t14-/m1/s1. The van der Waals surface area contributed by atoms with Crippen molar-refractivity contribution in [3.8, 4) is 11.3 Å². The van der Waals surface area contributed by atoms with Gasteiger partial charge in [0.2, 0.25) is 11.9 Å². The van der Waals surface area contributed by atoms with Crippen molar-refractivity contribution in [1.29, 1.82) is 0 Å². The van der Waals surface area contributed by atoms with Gasteiger partial charge in [-0.15, -0.1) is 0 Å². The fraction of sp³-hybridized carbons (Fsp3) is 0.348. The van der Waals surface area contributed by atoms with Crippen LogP contribution < -0.4 is 21.5 Å². The van der Waals surface area contributed by atoms with Crippen molar-refractivity contribution >= 4 is 28.8 Å². The lowest BCUT2D eigenvalue weighted by molar-refractivity contribution is -0.116.